The first-order valence-electron chi connectivity index (χ1n) is 6.37. The Kier molecular flexibility index (Phi) is 4.76. The second-order valence-electron chi connectivity index (χ2n) is 4.54. The topological polar surface area (TPSA) is 84.7 Å². The van der Waals surface area contributed by atoms with E-state index in [9.17, 15) is 4.79 Å². The van der Waals surface area contributed by atoms with E-state index in [0.29, 0.717) is 10.6 Å². The maximum absolute atomic E-state index is 12.5. The van der Waals surface area contributed by atoms with Gasteiger partial charge in [-0.25, -0.2) is 4.98 Å². The molecule has 0 fully saturated rings. The second kappa shape index (κ2) is 6.38. The standard InChI is InChI=1S/C14H14N4OS.H2S/c1-2-10(15)12-7-20-14(18-12)13(19)9-6-17-11-3-4-16-5-8(9)11;/h3-7,10,17H,2,15H2,1H3;1H2/t10-;/m0./s1. The summed E-state index contributed by atoms with van der Waals surface area (Å²) in [5.74, 6) is -0.0937. The minimum absolute atomic E-state index is 0. The van der Waals surface area contributed by atoms with E-state index < -0.39 is 0 Å². The van der Waals surface area contributed by atoms with Gasteiger partial charge in [0.2, 0.25) is 5.78 Å². The van der Waals surface area contributed by atoms with Crippen molar-refractivity contribution in [3.8, 4) is 0 Å². The molecule has 0 radical (unpaired) electrons. The number of thiazole rings is 1. The first-order valence-corrected chi connectivity index (χ1v) is 7.25. The number of nitrogens with zero attached hydrogens (tertiary/aromatic N) is 2. The van der Waals surface area contributed by atoms with Gasteiger partial charge in [0.1, 0.15) is 0 Å². The minimum atomic E-state index is -0.113. The first-order chi connectivity index (χ1) is 9.70. The van der Waals surface area contributed by atoms with Crippen molar-refractivity contribution in [2.45, 2.75) is 19.4 Å². The van der Waals surface area contributed by atoms with Crippen LogP contribution in [0.2, 0.25) is 0 Å². The lowest BCUT2D eigenvalue weighted by molar-refractivity contribution is 0.103. The number of ketones is 1. The Hall–Kier alpha value is -1.70. The molecule has 0 saturated heterocycles. The number of nitrogens with one attached hydrogen (secondary N) is 1. The van der Waals surface area contributed by atoms with E-state index >= 15 is 0 Å². The number of rotatable bonds is 4. The summed E-state index contributed by atoms with van der Waals surface area (Å²) in [6.07, 6.45) is 5.88. The maximum atomic E-state index is 12.5. The van der Waals surface area contributed by atoms with Crippen LogP contribution in [0.5, 0.6) is 0 Å². The highest BCUT2D eigenvalue weighted by atomic mass is 32.1. The Bertz CT molecular complexity index is 765. The van der Waals surface area contributed by atoms with Crippen LogP contribution in [0.25, 0.3) is 10.9 Å². The molecular weight excluding hydrogens is 304 g/mol. The summed E-state index contributed by atoms with van der Waals surface area (Å²) in [4.78, 5) is 24.0. The van der Waals surface area contributed by atoms with E-state index in [-0.39, 0.29) is 25.3 Å². The van der Waals surface area contributed by atoms with Crippen molar-refractivity contribution in [1.29, 1.82) is 0 Å². The van der Waals surface area contributed by atoms with Gasteiger partial charge < -0.3 is 10.7 Å². The summed E-state index contributed by atoms with van der Waals surface area (Å²) in [5.41, 5.74) is 8.20. The maximum Gasteiger partial charge on any atom is 0.223 e. The average molecular weight is 320 g/mol. The molecule has 0 amide bonds. The van der Waals surface area contributed by atoms with Crippen molar-refractivity contribution in [2.24, 2.45) is 5.73 Å². The fourth-order valence-corrected chi connectivity index (χ4v) is 2.87. The first kappa shape index (κ1) is 15.7. The molecule has 0 aromatic carbocycles. The molecule has 21 heavy (non-hydrogen) atoms. The lowest BCUT2D eigenvalue weighted by atomic mass is 10.1. The van der Waals surface area contributed by atoms with Gasteiger partial charge in [0, 0.05) is 40.9 Å². The smallest absolute Gasteiger partial charge is 0.223 e. The molecule has 0 aliphatic carbocycles. The van der Waals surface area contributed by atoms with E-state index in [1.54, 1.807) is 18.6 Å². The molecule has 3 N–H and O–H groups in total. The predicted molar refractivity (Wildman–Crippen MR) is 89.2 cm³/mol. The molecule has 0 aliphatic heterocycles. The number of nitrogens with two attached hydrogens (primary N) is 1. The van der Waals surface area contributed by atoms with Gasteiger partial charge in [0.05, 0.1) is 11.3 Å². The Morgan fingerprint density at radius 2 is 2.33 bits per heavy atom. The number of fused-ring (bicyclic) bond motifs is 1. The molecule has 0 spiro atoms. The third kappa shape index (κ3) is 2.85. The molecule has 0 aliphatic rings. The van der Waals surface area contributed by atoms with Gasteiger partial charge in [-0.1, -0.05) is 6.92 Å². The highest BCUT2D eigenvalue weighted by Gasteiger charge is 2.19. The summed E-state index contributed by atoms with van der Waals surface area (Å²) in [7, 11) is 0. The van der Waals surface area contributed by atoms with Crippen molar-refractivity contribution in [1.82, 2.24) is 15.0 Å². The van der Waals surface area contributed by atoms with Crippen LogP contribution in [-0.4, -0.2) is 20.7 Å². The van der Waals surface area contributed by atoms with Crippen LogP contribution in [-0.2, 0) is 0 Å². The molecule has 1 atom stereocenters. The van der Waals surface area contributed by atoms with Crippen LogP contribution in [0.3, 0.4) is 0 Å². The lowest BCUT2D eigenvalue weighted by Gasteiger charge is -2.02. The van der Waals surface area contributed by atoms with E-state index in [0.717, 1.165) is 23.0 Å². The van der Waals surface area contributed by atoms with Gasteiger partial charge in [-0.15, -0.1) is 11.3 Å². The molecule has 0 bridgehead atoms. The summed E-state index contributed by atoms with van der Waals surface area (Å²) in [6, 6.07) is 1.73. The zero-order valence-corrected chi connectivity index (χ0v) is 13.3. The van der Waals surface area contributed by atoms with Gasteiger partial charge in [-0.2, -0.15) is 13.5 Å². The van der Waals surface area contributed by atoms with Crippen LogP contribution >= 0.6 is 24.8 Å². The number of hydrogen-bond acceptors (Lipinski definition) is 5. The highest BCUT2D eigenvalue weighted by molar-refractivity contribution is 7.59. The lowest BCUT2D eigenvalue weighted by Crippen LogP contribution is -2.09. The molecule has 0 unspecified atom stereocenters. The van der Waals surface area contributed by atoms with Crippen LogP contribution < -0.4 is 5.73 Å². The predicted octanol–water partition coefficient (Wildman–Crippen LogP) is 2.77. The summed E-state index contributed by atoms with van der Waals surface area (Å²) in [5, 5.41) is 3.14. The minimum Gasteiger partial charge on any atom is -0.360 e. The number of H-pyrrole nitrogens is 1. The Balaban J connectivity index is 0.00000161. The SMILES string of the molecule is CC[C@H](N)c1csc(C(=O)c2c[nH]c3ccncc23)n1.S. The Morgan fingerprint density at radius 1 is 1.52 bits per heavy atom. The van der Waals surface area contributed by atoms with Gasteiger partial charge in [-0.05, 0) is 12.5 Å². The number of hydrogen-bond donors (Lipinski definition) is 2. The van der Waals surface area contributed by atoms with Crippen LogP contribution in [0.1, 0.15) is 40.4 Å². The molecule has 3 aromatic rings. The Morgan fingerprint density at radius 3 is 3.10 bits per heavy atom. The van der Waals surface area contributed by atoms with Crippen molar-refractivity contribution < 1.29 is 4.79 Å². The third-order valence-electron chi connectivity index (χ3n) is 3.26. The van der Waals surface area contributed by atoms with Gasteiger partial charge in [-0.3, -0.25) is 9.78 Å². The van der Waals surface area contributed by atoms with Crippen LogP contribution in [0.4, 0.5) is 0 Å². The number of pyridine rings is 1. The second-order valence-corrected chi connectivity index (χ2v) is 5.40. The van der Waals surface area contributed by atoms with Crippen molar-refractivity contribution in [2.75, 3.05) is 0 Å². The molecular formula is C14H16N4OS2. The van der Waals surface area contributed by atoms with Gasteiger partial charge >= 0.3 is 0 Å². The van der Waals surface area contributed by atoms with Crippen molar-refractivity contribution in [3.63, 3.8) is 0 Å². The number of carbonyl (C=O) groups excluding carboxylic acids is 1. The fraction of sp³-hybridized carbons (Fsp3) is 0.214. The molecule has 3 rings (SSSR count). The summed E-state index contributed by atoms with van der Waals surface area (Å²) < 4.78 is 0. The average Bonchev–Trinajstić information content (AvgIpc) is 3.12. The number of carbonyl (C=O) groups is 1. The number of aromatic nitrogens is 3. The van der Waals surface area contributed by atoms with E-state index in [4.69, 9.17) is 5.73 Å². The number of aromatic amines is 1. The molecule has 7 heteroatoms. The van der Waals surface area contributed by atoms with Crippen molar-refractivity contribution in [3.05, 3.63) is 46.3 Å². The fourth-order valence-electron chi connectivity index (χ4n) is 2.04. The summed E-state index contributed by atoms with van der Waals surface area (Å²) >= 11 is 1.33. The van der Waals surface area contributed by atoms with E-state index in [1.165, 1.54) is 11.3 Å². The van der Waals surface area contributed by atoms with E-state index in [2.05, 4.69) is 15.0 Å². The highest BCUT2D eigenvalue weighted by Crippen LogP contribution is 2.23. The largest absolute Gasteiger partial charge is 0.360 e. The Labute approximate surface area is 133 Å². The molecule has 110 valence electrons. The van der Waals surface area contributed by atoms with Gasteiger partial charge in [0.15, 0.2) is 5.01 Å². The zero-order chi connectivity index (χ0) is 14.1. The quantitative estimate of drug-likeness (QED) is 0.724. The summed E-state index contributed by atoms with van der Waals surface area (Å²) in [6.45, 7) is 2.00. The van der Waals surface area contributed by atoms with Crippen LogP contribution in [0.15, 0.2) is 30.0 Å². The van der Waals surface area contributed by atoms with Crippen LogP contribution in [0, 0.1) is 0 Å². The molecule has 0 saturated carbocycles. The molecule has 3 heterocycles. The zero-order valence-electron chi connectivity index (χ0n) is 11.5. The normalized spacial score (nSPS) is 12.1. The monoisotopic (exact) mass is 320 g/mol. The molecule has 5 nitrogen and oxygen atoms in total. The van der Waals surface area contributed by atoms with E-state index in [1.807, 2.05) is 18.4 Å². The molecule has 3 aromatic heterocycles. The van der Waals surface area contributed by atoms with Gasteiger partial charge in [0.25, 0.3) is 0 Å². The third-order valence-corrected chi connectivity index (χ3v) is 4.12. The van der Waals surface area contributed by atoms with Crippen molar-refractivity contribution >= 4 is 41.5 Å².